The van der Waals surface area contributed by atoms with Gasteiger partial charge in [-0.25, -0.2) is 4.52 Å². The normalized spacial score (nSPS) is 16.2. The molecule has 30 heavy (non-hydrogen) atoms. The van der Waals surface area contributed by atoms with Gasteiger partial charge in [0.15, 0.2) is 11.7 Å². The zero-order valence-corrected chi connectivity index (χ0v) is 14.9. The van der Waals surface area contributed by atoms with E-state index in [9.17, 15) is 44.3 Å². The summed E-state index contributed by atoms with van der Waals surface area (Å²) in [5.74, 6) is -6.12. The van der Waals surface area contributed by atoms with Crippen molar-refractivity contribution in [2.75, 3.05) is 5.32 Å². The molecule has 1 fully saturated rings. The molecule has 0 atom stereocenters. The van der Waals surface area contributed by atoms with Gasteiger partial charge in [-0.05, 0) is 30.9 Å². The Morgan fingerprint density at radius 2 is 1.70 bits per heavy atom. The van der Waals surface area contributed by atoms with Crippen molar-refractivity contribution in [1.82, 2.24) is 9.61 Å². The summed E-state index contributed by atoms with van der Waals surface area (Å²) in [5.41, 5.74) is -0.855. The predicted molar refractivity (Wildman–Crippen MR) is 85.6 cm³/mol. The van der Waals surface area contributed by atoms with E-state index in [0.29, 0.717) is 12.8 Å². The number of alkyl halides is 9. The number of anilines is 1. The molecule has 0 bridgehead atoms. The quantitative estimate of drug-likeness (QED) is 0.613. The van der Waals surface area contributed by atoms with Crippen molar-refractivity contribution in [2.24, 2.45) is 5.92 Å². The number of fused-ring (bicyclic) bond motifs is 1. The molecular weight excluding hydrogens is 433 g/mol. The van der Waals surface area contributed by atoms with Gasteiger partial charge < -0.3 is 5.32 Å². The lowest BCUT2D eigenvalue weighted by atomic mass is 9.80. The first-order valence-corrected chi connectivity index (χ1v) is 8.70. The van der Waals surface area contributed by atoms with Gasteiger partial charge in [-0.15, -0.1) is 5.10 Å². The molecule has 166 valence electrons. The van der Waals surface area contributed by atoms with Crippen LogP contribution in [-0.2, 0) is 11.0 Å². The number of aromatic nitrogens is 2. The van der Waals surface area contributed by atoms with Crippen LogP contribution in [0.1, 0.15) is 42.7 Å². The Kier molecular flexibility index (Phi) is 5.44. The maximum Gasteiger partial charge on any atom is 0.416 e. The van der Waals surface area contributed by atoms with E-state index in [4.69, 9.17) is 0 Å². The molecule has 1 N–H and O–H groups in total. The number of nitrogens with one attached hydrogen (secondary N) is 1. The van der Waals surface area contributed by atoms with Gasteiger partial charge in [0.1, 0.15) is 0 Å². The number of carbonyl (C=O) groups excluding carboxylic acids is 1. The van der Waals surface area contributed by atoms with E-state index in [2.05, 4.69) is 5.10 Å². The van der Waals surface area contributed by atoms with E-state index in [1.54, 1.807) is 0 Å². The van der Waals surface area contributed by atoms with Crippen LogP contribution in [0.15, 0.2) is 18.3 Å². The highest BCUT2D eigenvalue weighted by Gasteiger charge is 2.57. The molecule has 0 spiro atoms. The van der Waals surface area contributed by atoms with Crippen molar-refractivity contribution in [3.8, 4) is 0 Å². The van der Waals surface area contributed by atoms with E-state index in [1.165, 1.54) is 0 Å². The highest BCUT2D eigenvalue weighted by Crippen LogP contribution is 2.44. The lowest BCUT2D eigenvalue weighted by Crippen LogP contribution is -2.39. The van der Waals surface area contributed by atoms with Gasteiger partial charge in [0.05, 0.1) is 11.1 Å². The Balaban J connectivity index is 1.94. The minimum absolute atomic E-state index is 0.0204. The van der Waals surface area contributed by atoms with E-state index >= 15 is 0 Å². The first-order chi connectivity index (χ1) is 13.7. The largest absolute Gasteiger partial charge is 0.416 e. The summed E-state index contributed by atoms with van der Waals surface area (Å²) in [6, 6.07) is 1.50. The van der Waals surface area contributed by atoms with E-state index in [1.807, 2.05) is 5.32 Å². The van der Waals surface area contributed by atoms with Crippen LogP contribution in [0.25, 0.3) is 5.52 Å². The van der Waals surface area contributed by atoms with Crippen molar-refractivity contribution in [3.05, 3.63) is 29.5 Å². The highest BCUT2D eigenvalue weighted by molar-refractivity contribution is 5.92. The first kappa shape index (κ1) is 22.2. The molecule has 3 rings (SSSR count). The van der Waals surface area contributed by atoms with Crippen molar-refractivity contribution in [3.63, 3.8) is 0 Å². The number of nitrogens with zero attached hydrogens (tertiary/aromatic N) is 2. The maximum atomic E-state index is 13.0. The second kappa shape index (κ2) is 7.34. The summed E-state index contributed by atoms with van der Waals surface area (Å²) >= 11 is 0. The van der Waals surface area contributed by atoms with Gasteiger partial charge in [0.25, 0.3) is 0 Å². The number of rotatable bonds is 4. The Bertz CT molecular complexity index is 925. The topological polar surface area (TPSA) is 46.4 Å². The average molecular weight is 447 g/mol. The summed E-state index contributed by atoms with van der Waals surface area (Å²) in [5, 5.41) is 5.80. The minimum Gasteiger partial charge on any atom is -0.309 e. The van der Waals surface area contributed by atoms with Crippen LogP contribution in [-0.4, -0.2) is 27.9 Å². The summed E-state index contributed by atoms with van der Waals surface area (Å²) in [7, 11) is 0. The van der Waals surface area contributed by atoms with Gasteiger partial charge in [-0.1, -0.05) is 6.42 Å². The molecule has 0 saturated heterocycles. The molecule has 2 heterocycles. The molecule has 0 aromatic carbocycles. The predicted octanol–water partition coefficient (Wildman–Crippen LogP) is 5.69. The smallest absolute Gasteiger partial charge is 0.309 e. The van der Waals surface area contributed by atoms with Crippen molar-refractivity contribution < 1.29 is 44.3 Å². The molecule has 1 amide bonds. The van der Waals surface area contributed by atoms with Crippen molar-refractivity contribution in [1.29, 1.82) is 0 Å². The zero-order valence-electron chi connectivity index (χ0n) is 14.9. The molecule has 0 unspecified atom stereocenters. The fourth-order valence-corrected chi connectivity index (χ4v) is 3.22. The maximum absolute atomic E-state index is 13.0. The molecule has 4 nitrogen and oxygen atoms in total. The Morgan fingerprint density at radius 1 is 1.10 bits per heavy atom. The molecule has 1 saturated carbocycles. The van der Waals surface area contributed by atoms with Gasteiger partial charge in [0, 0.05) is 18.2 Å². The third kappa shape index (κ3) is 4.48. The van der Waals surface area contributed by atoms with Crippen LogP contribution in [0.4, 0.5) is 45.3 Å². The third-order valence-corrected chi connectivity index (χ3v) is 4.95. The number of carbonyl (C=O) groups is 1. The lowest BCUT2D eigenvalue weighted by Gasteiger charge is -2.26. The van der Waals surface area contributed by atoms with E-state index in [-0.39, 0.29) is 22.8 Å². The van der Waals surface area contributed by atoms with Crippen LogP contribution in [0.5, 0.6) is 0 Å². The number of halogens is 9. The fraction of sp³-hybridized carbons (Fsp3) is 0.529. The van der Waals surface area contributed by atoms with Crippen LogP contribution in [0.3, 0.4) is 0 Å². The van der Waals surface area contributed by atoms with Gasteiger partial charge in [-0.3, -0.25) is 4.79 Å². The lowest BCUT2D eigenvalue weighted by molar-refractivity contribution is -0.283. The average Bonchev–Trinajstić information content (AvgIpc) is 2.85. The molecular formula is C17H14F9N3O. The SMILES string of the molecule is O=C(CC(C(F)(F)F)C(F)(F)F)Nc1nn2ccc(C(F)(F)F)cc2c1C1CCC1. The van der Waals surface area contributed by atoms with E-state index < -0.39 is 42.3 Å². The molecule has 1 aliphatic carbocycles. The Morgan fingerprint density at radius 3 is 2.17 bits per heavy atom. The summed E-state index contributed by atoms with van der Waals surface area (Å²) < 4.78 is 116. The summed E-state index contributed by atoms with van der Waals surface area (Å²) in [4.78, 5) is 12.0. The van der Waals surface area contributed by atoms with Gasteiger partial charge in [0.2, 0.25) is 5.91 Å². The highest BCUT2D eigenvalue weighted by atomic mass is 19.4. The van der Waals surface area contributed by atoms with E-state index in [0.717, 1.165) is 29.3 Å². The molecule has 2 aromatic rings. The second-order valence-corrected chi connectivity index (χ2v) is 7.02. The molecule has 0 radical (unpaired) electrons. The number of amides is 1. The van der Waals surface area contributed by atoms with Gasteiger partial charge >= 0.3 is 18.5 Å². The standard InChI is InChI=1S/C17H14F9N3O/c18-15(19,20)9-4-5-29-10(6-9)13(8-2-1-3-8)14(28-29)27-12(30)7-11(16(21,22)23)17(24,25)26/h4-6,8,11H,1-3,7H2,(H,27,28,30). The molecule has 0 aliphatic heterocycles. The Hall–Kier alpha value is -2.47. The number of hydrogen-bond donors (Lipinski definition) is 1. The number of hydrogen-bond acceptors (Lipinski definition) is 2. The number of pyridine rings is 1. The van der Waals surface area contributed by atoms with Crippen molar-refractivity contribution >= 4 is 17.2 Å². The second-order valence-electron chi connectivity index (χ2n) is 7.02. The van der Waals surface area contributed by atoms with Crippen LogP contribution < -0.4 is 5.32 Å². The molecule has 2 aromatic heterocycles. The summed E-state index contributed by atoms with van der Waals surface area (Å²) in [6.45, 7) is 0. The van der Waals surface area contributed by atoms with Crippen molar-refractivity contribution in [2.45, 2.75) is 50.1 Å². The monoisotopic (exact) mass is 447 g/mol. The molecule has 13 heteroatoms. The van der Waals surface area contributed by atoms with Crippen LogP contribution >= 0.6 is 0 Å². The Labute approximate surface area is 163 Å². The third-order valence-electron chi connectivity index (χ3n) is 4.95. The van der Waals surface area contributed by atoms with Gasteiger partial charge in [-0.2, -0.15) is 39.5 Å². The van der Waals surface area contributed by atoms with Crippen LogP contribution in [0, 0.1) is 5.92 Å². The van der Waals surface area contributed by atoms with Crippen LogP contribution in [0.2, 0.25) is 0 Å². The summed E-state index contributed by atoms with van der Waals surface area (Å²) in [6.07, 6.45) is -15.2. The minimum atomic E-state index is -5.69. The first-order valence-electron chi connectivity index (χ1n) is 8.70. The molecule has 1 aliphatic rings. The fourth-order valence-electron chi connectivity index (χ4n) is 3.22. The zero-order chi connectivity index (χ0) is 22.5.